The van der Waals surface area contributed by atoms with Gasteiger partial charge in [0.2, 0.25) is 0 Å². The van der Waals surface area contributed by atoms with Gasteiger partial charge in [-0.15, -0.1) is 0 Å². The molecule has 0 saturated heterocycles. The topological polar surface area (TPSA) is 36.1 Å². The Morgan fingerprint density at radius 1 is 1.00 bits per heavy atom. The minimum atomic E-state index is 1.18. The van der Waals surface area contributed by atoms with Gasteiger partial charge in [-0.3, -0.25) is 4.99 Å². The number of hydrogen-bond donors (Lipinski definition) is 0. The minimum absolute atomic E-state index is 1.18. The SMILES string of the molecule is C\C=C/C=C/C=C\C=C\N=CC#N. The second-order valence-corrected chi connectivity index (χ2v) is 2.04. The number of hydrogen-bond acceptors (Lipinski definition) is 2. The van der Waals surface area contributed by atoms with Gasteiger partial charge < -0.3 is 0 Å². The van der Waals surface area contributed by atoms with Gasteiger partial charge in [0.25, 0.3) is 0 Å². The Balaban J connectivity index is 3.70. The molecule has 0 spiro atoms. The van der Waals surface area contributed by atoms with Crippen LogP contribution < -0.4 is 0 Å². The molecule has 0 aliphatic carbocycles. The lowest BCUT2D eigenvalue weighted by Gasteiger charge is -1.72. The molecule has 2 nitrogen and oxygen atoms in total. The van der Waals surface area contributed by atoms with Crippen molar-refractivity contribution in [1.82, 2.24) is 0 Å². The van der Waals surface area contributed by atoms with Crippen LogP contribution in [0.15, 0.2) is 53.7 Å². The molecule has 66 valence electrons. The quantitative estimate of drug-likeness (QED) is 0.474. The third-order valence-electron chi connectivity index (χ3n) is 1.05. The fraction of sp³-hybridized carbons (Fsp3) is 0.0909. The van der Waals surface area contributed by atoms with E-state index in [1.165, 1.54) is 6.21 Å². The second kappa shape index (κ2) is 10.1. The average Bonchev–Trinajstić information content (AvgIpc) is 2.16. The van der Waals surface area contributed by atoms with E-state index in [0.717, 1.165) is 0 Å². The van der Waals surface area contributed by atoms with Gasteiger partial charge in [0.1, 0.15) is 12.3 Å². The van der Waals surface area contributed by atoms with Crippen LogP contribution in [0, 0.1) is 11.3 Å². The van der Waals surface area contributed by atoms with Crippen LogP contribution in [0.5, 0.6) is 0 Å². The van der Waals surface area contributed by atoms with E-state index >= 15 is 0 Å². The third-order valence-corrected chi connectivity index (χ3v) is 1.05. The average molecular weight is 172 g/mol. The molecule has 0 fully saturated rings. The molecule has 0 aliphatic heterocycles. The highest BCUT2D eigenvalue weighted by molar-refractivity contribution is 5.75. The fourth-order valence-corrected chi connectivity index (χ4v) is 0.543. The molecule has 0 heterocycles. The van der Waals surface area contributed by atoms with Crippen LogP contribution in [0.25, 0.3) is 0 Å². The van der Waals surface area contributed by atoms with Crippen molar-refractivity contribution in [2.75, 3.05) is 0 Å². The smallest absolute Gasteiger partial charge is 0.111 e. The summed E-state index contributed by atoms with van der Waals surface area (Å²) in [5.74, 6) is 0. The number of aliphatic imine (C=N–C) groups is 1. The Hall–Kier alpha value is -1.88. The van der Waals surface area contributed by atoms with Crippen LogP contribution >= 0.6 is 0 Å². The van der Waals surface area contributed by atoms with Crippen molar-refractivity contribution >= 4 is 6.21 Å². The van der Waals surface area contributed by atoms with Gasteiger partial charge in [-0.2, -0.15) is 5.26 Å². The molecule has 0 bridgehead atoms. The summed E-state index contributed by atoms with van der Waals surface area (Å²) in [5, 5.41) is 8.10. The highest BCUT2D eigenvalue weighted by Crippen LogP contribution is 1.82. The third kappa shape index (κ3) is 10.1. The summed E-state index contributed by atoms with van der Waals surface area (Å²) in [6.45, 7) is 1.96. The molecular formula is C11H12N2. The van der Waals surface area contributed by atoms with E-state index in [-0.39, 0.29) is 0 Å². The minimum Gasteiger partial charge on any atom is -0.254 e. The van der Waals surface area contributed by atoms with Crippen LogP contribution in [0.2, 0.25) is 0 Å². The molecule has 0 atom stereocenters. The molecular weight excluding hydrogens is 160 g/mol. The summed E-state index contributed by atoms with van der Waals surface area (Å²) in [7, 11) is 0. The van der Waals surface area contributed by atoms with Crippen molar-refractivity contribution in [3.8, 4) is 6.07 Å². The number of allylic oxidation sites excluding steroid dienone is 7. The summed E-state index contributed by atoms with van der Waals surface area (Å²) in [6, 6.07) is 1.80. The zero-order chi connectivity index (χ0) is 9.78. The Kier molecular flexibility index (Phi) is 8.66. The van der Waals surface area contributed by atoms with Crippen LogP contribution in [0.3, 0.4) is 0 Å². The fourth-order valence-electron chi connectivity index (χ4n) is 0.543. The van der Waals surface area contributed by atoms with E-state index in [1.807, 2.05) is 43.4 Å². The molecule has 0 rings (SSSR count). The molecule has 0 aliphatic rings. The highest BCUT2D eigenvalue weighted by atomic mass is 14.7. The van der Waals surface area contributed by atoms with Crippen molar-refractivity contribution in [3.63, 3.8) is 0 Å². The summed E-state index contributed by atoms with van der Waals surface area (Å²) in [4.78, 5) is 3.67. The number of nitriles is 1. The van der Waals surface area contributed by atoms with Crippen LogP contribution in [0.4, 0.5) is 0 Å². The summed E-state index contributed by atoms with van der Waals surface area (Å²) in [5.41, 5.74) is 0. The van der Waals surface area contributed by atoms with Crippen molar-refractivity contribution in [2.45, 2.75) is 6.92 Å². The molecule has 0 N–H and O–H groups in total. The molecule has 2 heteroatoms. The van der Waals surface area contributed by atoms with Gasteiger partial charge in [0.05, 0.1) is 0 Å². The normalized spacial score (nSPS) is 12.9. The molecule has 0 saturated carbocycles. The molecule has 0 unspecified atom stereocenters. The first-order valence-corrected chi connectivity index (χ1v) is 3.94. The van der Waals surface area contributed by atoms with Gasteiger partial charge in [-0.1, -0.05) is 36.5 Å². The van der Waals surface area contributed by atoms with E-state index in [4.69, 9.17) is 5.26 Å². The lowest BCUT2D eigenvalue weighted by atomic mass is 10.4. The van der Waals surface area contributed by atoms with Crippen molar-refractivity contribution < 1.29 is 0 Å². The molecule has 0 radical (unpaired) electrons. The Morgan fingerprint density at radius 3 is 2.23 bits per heavy atom. The number of rotatable bonds is 4. The predicted octanol–water partition coefficient (Wildman–Crippen LogP) is 2.78. The van der Waals surface area contributed by atoms with E-state index < -0.39 is 0 Å². The zero-order valence-corrected chi connectivity index (χ0v) is 7.59. The van der Waals surface area contributed by atoms with Crippen LogP contribution in [-0.2, 0) is 0 Å². The molecule has 0 aromatic heterocycles. The van der Waals surface area contributed by atoms with Crippen molar-refractivity contribution in [2.24, 2.45) is 4.99 Å². The summed E-state index contributed by atoms with van der Waals surface area (Å²) < 4.78 is 0. The van der Waals surface area contributed by atoms with Crippen molar-refractivity contribution in [1.29, 1.82) is 5.26 Å². The predicted molar refractivity (Wildman–Crippen MR) is 56.3 cm³/mol. The number of nitrogens with zero attached hydrogens (tertiary/aromatic N) is 2. The van der Waals surface area contributed by atoms with Crippen LogP contribution in [-0.4, -0.2) is 6.21 Å². The van der Waals surface area contributed by atoms with Gasteiger partial charge >= 0.3 is 0 Å². The van der Waals surface area contributed by atoms with E-state index in [0.29, 0.717) is 0 Å². The Labute approximate surface area is 78.9 Å². The Bertz CT molecular complexity index is 286. The van der Waals surface area contributed by atoms with Gasteiger partial charge in [0, 0.05) is 6.20 Å². The lowest BCUT2D eigenvalue weighted by molar-refractivity contribution is 1.53. The summed E-state index contributed by atoms with van der Waals surface area (Å²) >= 11 is 0. The first kappa shape index (κ1) is 11.1. The molecule has 0 amide bonds. The van der Waals surface area contributed by atoms with Gasteiger partial charge in [-0.25, -0.2) is 0 Å². The monoisotopic (exact) mass is 172 g/mol. The first-order chi connectivity index (χ1) is 6.41. The Morgan fingerprint density at radius 2 is 1.62 bits per heavy atom. The molecule has 0 aromatic rings. The van der Waals surface area contributed by atoms with Gasteiger partial charge in [-0.05, 0) is 13.0 Å². The van der Waals surface area contributed by atoms with Crippen molar-refractivity contribution in [3.05, 3.63) is 48.7 Å². The van der Waals surface area contributed by atoms with E-state index in [2.05, 4.69) is 4.99 Å². The largest absolute Gasteiger partial charge is 0.254 e. The van der Waals surface area contributed by atoms with Crippen LogP contribution in [0.1, 0.15) is 6.92 Å². The van der Waals surface area contributed by atoms with E-state index in [9.17, 15) is 0 Å². The first-order valence-electron chi connectivity index (χ1n) is 3.94. The standard InChI is InChI=1S/C11H12N2/c1-2-3-4-5-6-7-8-10-13-11-9-12/h2-8,10-11H,1H3/b3-2-,5-4+,7-6-,10-8+,13-11?. The van der Waals surface area contributed by atoms with E-state index in [1.54, 1.807) is 18.3 Å². The maximum absolute atomic E-state index is 8.10. The highest BCUT2D eigenvalue weighted by Gasteiger charge is 1.62. The van der Waals surface area contributed by atoms with Gasteiger partial charge in [0.15, 0.2) is 0 Å². The molecule has 13 heavy (non-hydrogen) atoms. The lowest BCUT2D eigenvalue weighted by Crippen LogP contribution is -1.57. The molecule has 0 aromatic carbocycles. The second-order valence-electron chi connectivity index (χ2n) is 2.04. The maximum Gasteiger partial charge on any atom is 0.111 e. The maximum atomic E-state index is 8.10. The zero-order valence-electron chi connectivity index (χ0n) is 7.59. The summed E-state index contributed by atoms with van der Waals surface area (Å²) in [6.07, 6.45) is 16.0.